The van der Waals surface area contributed by atoms with Crippen molar-refractivity contribution in [1.82, 2.24) is 4.90 Å². The highest BCUT2D eigenvalue weighted by Crippen LogP contribution is 2.38. The minimum Gasteiger partial charge on any atom is -0.302 e. The highest BCUT2D eigenvalue weighted by Gasteiger charge is 2.43. The zero-order chi connectivity index (χ0) is 11.1. The molecule has 0 N–H and O–H groups in total. The van der Waals surface area contributed by atoms with Crippen LogP contribution in [0.25, 0.3) is 0 Å². The van der Waals surface area contributed by atoms with Gasteiger partial charge in [-0.05, 0) is 45.2 Å². The van der Waals surface area contributed by atoms with E-state index in [-0.39, 0.29) is 11.3 Å². The van der Waals surface area contributed by atoms with Crippen LogP contribution in [0.4, 0.5) is 0 Å². The SMILES string of the molecule is CN1CCCC2CCCC(S(=O)(=O)Cl)C21. The number of rotatable bonds is 1. The predicted octanol–water partition coefficient (Wildman–Crippen LogP) is 1.82. The van der Waals surface area contributed by atoms with Crippen molar-refractivity contribution < 1.29 is 8.42 Å². The summed E-state index contributed by atoms with van der Waals surface area (Å²) in [5.74, 6) is 0.538. The van der Waals surface area contributed by atoms with Crippen LogP contribution < -0.4 is 0 Å². The molecule has 88 valence electrons. The zero-order valence-electron chi connectivity index (χ0n) is 9.02. The molecule has 0 aromatic carbocycles. The summed E-state index contributed by atoms with van der Waals surface area (Å²) in [5, 5.41) is -0.344. The molecule has 3 unspecified atom stereocenters. The molecule has 2 fully saturated rings. The topological polar surface area (TPSA) is 37.4 Å². The number of piperidine rings is 1. The Morgan fingerprint density at radius 1 is 1.20 bits per heavy atom. The van der Waals surface area contributed by atoms with Gasteiger partial charge in [0.2, 0.25) is 9.05 Å². The normalized spacial score (nSPS) is 38.7. The molecule has 3 nitrogen and oxygen atoms in total. The molecule has 1 heterocycles. The fraction of sp³-hybridized carbons (Fsp3) is 1.00. The van der Waals surface area contributed by atoms with Crippen LogP contribution in [0.1, 0.15) is 32.1 Å². The van der Waals surface area contributed by atoms with Crippen molar-refractivity contribution in [2.45, 2.75) is 43.4 Å². The maximum Gasteiger partial charge on any atom is 0.237 e. The average molecular weight is 252 g/mol. The Bertz CT molecular complexity index is 328. The van der Waals surface area contributed by atoms with Crippen molar-refractivity contribution in [2.24, 2.45) is 5.92 Å². The molecule has 0 aromatic heterocycles. The van der Waals surface area contributed by atoms with E-state index in [1.165, 1.54) is 6.42 Å². The smallest absolute Gasteiger partial charge is 0.237 e. The minimum atomic E-state index is -3.40. The fourth-order valence-corrected chi connectivity index (χ4v) is 5.04. The van der Waals surface area contributed by atoms with Gasteiger partial charge in [-0.15, -0.1) is 0 Å². The Morgan fingerprint density at radius 2 is 1.87 bits per heavy atom. The maximum absolute atomic E-state index is 11.5. The fourth-order valence-electron chi connectivity index (χ4n) is 3.24. The molecule has 15 heavy (non-hydrogen) atoms. The van der Waals surface area contributed by atoms with E-state index in [0.29, 0.717) is 5.92 Å². The molecule has 0 bridgehead atoms. The summed E-state index contributed by atoms with van der Waals surface area (Å²) >= 11 is 0. The van der Waals surface area contributed by atoms with Crippen molar-refractivity contribution in [3.8, 4) is 0 Å². The molecule has 3 atom stereocenters. The molecular weight excluding hydrogens is 234 g/mol. The molecule has 2 aliphatic rings. The maximum atomic E-state index is 11.5. The van der Waals surface area contributed by atoms with Gasteiger partial charge in [-0.3, -0.25) is 0 Å². The van der Waals surface area contributed by atoms with Crippen molar-refractivity contribution in [1.29, 1.82) is 0 Å². The summed E-state index contributed by atoms with van der Waals surface area (Å²) in [5.41, 5.74) is 0. The van der Waals surface area contributed by atoms with Crippen LogP contribution in [0, 0.1) is 5.92 Å². The van der Waals surface area contributed by atoms with Gasteiger partial charge < -0.3 is 4.90 Å². The molecule has 0 amide bonds. The number of nitrogens with zero attached hydrogens (tertiary/aromatic N) is 1. The van der Waals surface area contributed by atoms with Crippen LogP contribution in [0.2, 0.25) is 0 Å². The van der Waals surface area contributed by atoms with Gasteiger partial charge in [-0.25, -0.2) is 8.42 Å². The number of halogens is 1. The first-order valence-electron chi connectivity index (χ1n) is 5.64. The first kappa shape index (κ1) is 11.7. The van der Waals surface area contributed by atoms with E-state index in [1.54, 1.807) is 0 Å². The van der Waals surface area contributed by atoms with Crippen LogP contribution in [0.3, 0.4) is 0 Å². The Morgan fingerprint density at radius 3 is 2.53 bits per heavy atom. The van der Waals surface area contributed by atoms with E-state index in [9.17, 15) is 8.42 Å². The second-order valence-electron chi connectivity index (χ2n) is 4.82. The van der Waals surface area contributed by atoms with Gasteiger partial charge in [0.15, 0.2) is 0 Å². The van der Waals surface area contributed by atoms with Crippen LogP contribution in [0.5, 0.6) is 0 Å². The van der Waals surface area contributed by atoms with E-state index < -0.39 is 9.05 Å². The summed E-state index contributed by atoms with van der Waals surface area (Å²) in [6, 6.07) is 0.162. The highest BCUT2D eigenvalue weighted by atomic mass is 35.7. The molecular formula is C10H18ClNO2S. The average Bonchev–Trinajstić information content (AvgIpc) is 2.16. The van der Waals surface area contributed by atoms with Gasteiger partial charge in [-0.2, -0.15) is 0 Å². The van der Waals surface area contributed by atoms with Crippen molar-refractivity contribution in [3.05, 3.63) is 0 Å². The van der Waals surface area contributed by atoms with Gasteiger partial charge in [0.25, 0.3) is 0 Å². The van der Waals surface area contributed by atoms with E-state index >= 15 is 0 Å². The molecule has 1 saturated heterocycles. The predicted molar refractivity (Wildman–Crippen MR) is 61.6 cm³/mol. The van der Waals surface area contributed by atoms with Gasteiger partial charge in [-0.1, -0.05) is 6.42 Å². The Kier molecular flexibility index (Phi) is 3.29. The second kappa shape index (κ2) is 4.22. The molecule has 0 spiro atoms. The number of hydrogen-bond acceptors (Lipinski definition) is 3. The minimum absolute atomic E-state index is 0.162. The summed E-state index contributed by atoms with van der Waals surface area (Å²) in [6.45, 7) is 1.00. The van der Waals surface area contributed by atoms with Crippen LogP contribution >= 0.6 is 10.7 Å². The van der Waals surface area contributed by atoms with Gasteiger partial charge in [0, 0.05) is 16.7 Å². The summed E-state index contributed by atoms with van der Waals surface area (Å²) < 4.78 is 23.1. The van der Waals surface area contributed by atoms with Crippen molar-refractivity contribution in [3.63, 3.8) is 0 Å². The molecule has 1 aliphatic heterocycles. The van der Waals surface area contributed by atoms with Gasteiger partial charge in [0.05, 0.1) is 5.25 Å². The summed E-state index contributed by atoms with van der Waals surface area (Å²) in [7, 11) is 4.17. The lowest BCUT2D eigenvalue weighted by atomic mass is 9.78. The Labute approximate surface area is 96.2 Å². The standard InChI is InChI=1S/C10H18ClNO2S/c1-12-7-3-5-8-4-2-6-9(10(8)12)15(11,13)14/h8-10H,2-7H2,1H3. The van der Waals surface area contributed by atoms with Crippen LogP contribution in [0.15, 0.2) is 0 Å². The van der Waals surface area contributed by atoms with E-state index in [0.717, 1.165) is 32.2 Å². The summed E-state index contributed by atoms with van der Waals surface area (Å²) in [6.07, 6.45) is 5.26. The van der Waals surface area contributed by atoms with E-state index in [1.807, 2.05) is 7.05 Å². The second-order valence-corrected chi connectivity index (χ2v) is 7.67. The molecule has 0 aromatic rings. The van der Waals surface area contributed by atoms with Gasteiger partial charge in [0.1, 0.15) is 0 Å². The molecule has 2 rings (SSSR count). The number of fused-ring (bicyclic) bond motifs is 1. The lowest BCUT2D eigenvalue weighted by molar-refractivity contribution is 0.0872. The first-order valence-corrected chi connectivity index (χ1v) is 8.01. The summed E-state index contributed by atoms with van der Waals surface area (Å²) in [4.78, 5) is 2.19. The lowest BCUT2D eigenvalue weighted by Crippen LogP contribution is -2.53. The van der Waals surface area contributed by atoms with Gasteiger partial charge >= 0.3 is 0 Å². The van der Waals surface area contributed by atoms with Crippen molar-refractivity contribution in [2.75, 3.05) is 13.6 Å². The lowest BCUT2D eigenvalue weighted by Gasteiger charge is -2.45. The number of likely N-dealkylation sites (tertiary alicyclic amines) is 1. The third-order valence-electron chi connectivity index (χ3n) is 3.88. The molecule has 5 heteroatoms. The van der Waals surface area contributed by atoms with E-state index in [4.69, 9.17) is 10.7 Å². The van der Waals surface area contributed by atoms with Crippen LogP contribution in [-0.2, 0) is 9.05 Å². The molecule has 1 saturated carbocycles. The third-order valence-corrected chi connectivity index (χ3v) is 5.81. The van der Waals surface area contributed by atoms with Crippen LogP contribution in [-0.4, -0.2) is 38.2 Å². The third kappa shape index (κ3) is 2.32. The zero-order valence-corrected chi connectivity index (χ0v) is 10.6. The quantitative estimate of drug-likeness (QED) is 0.667. The Balaban J connectivity index is 2.24. The molecule has 1 aliphatic carbocycles. The van der Waals surface area contributed by atoms with Crippen molar-refractivity contribution >= 4 is 19.7 Å². The van der Waals surface area contributed by atoms with E-state index in [2.05, 4.69) is 4.90 Å². The molecule has 0 radical (unpaired) electrons. The largest absolute Gasteiger partial charge is 0.302 e. The first-order chi connectivity index (χ1) is 7.00. The number of hydrogen-bond donors (Lipinski definition) is 0. The Hall–Kier alpha value is 0.200. The highest BCUT2D eigenvalue weighted by molar-refractivity contribution is 8.14. The monoisotopic (exact) mass is 251 g/mol.